The monoisotopic (exact) mass is 264 g/mol. The first-order valence-electron chi connectivity index (χ1n) is 4.52. The third kappa shape index (κ3) is 2.93. The van der Waals surface area contributed by atoms with E-state index in [9.17, 15) is 13.2 Å². The van der Waals surface area contributed by atoms with Gasteiger partial charge in [-0.1, -0.05) is 5.16 Å². The maximum atomic E-state index is 12.2. The molecule has 2 aromatic rings. The van der Waals surface area contributed by atoms with Gasteiger partial charge in [0.1, 0.15) is 0 Å². The summed E-state index contributed by atoms with van der Waals surface area (Å²) in [6.07, 6.45) is -4.51. The Morgan fingerprint density at radius 2 is 2.24 bits per heavy atom. The average molecular weight is 264 g/mol. The summed E-state index contributed by atoms with van der Waals surface area (Å²) in [5.41, 5.74) is 0.704. The lowest BCUT2D eigenvalue weighted by atomic mass is 10.4. The van der Waals surface area contributed by atoms with E-state index in [0.29, 0.717) is 23.0 Å². The van der Waals surface area contributed by atoms with Crippen molar-refractivity contribution in [1.82, 2.24) is 14.5 Å². The Morgan fingerprint density at radius 3 is 2.76 bits per heavy atom. The van der Waals surface area contributed by atoms with Crippen molar-refractivity contribution in [2.24, 2.45) is 0 Å². The van der Waals surface area contributed by atoms with Crippen LogP contribution in [0.4, 0.5) is 18.3 Å². The Balaban J connectivity index is 1.98. The van der Waals surface area contributed by atoms with Crippen LogP contribution in [0.3, 0.4) is 0 Å². The van der Waals surface area contributed by atoms with Crippen molar-refractivity contribution in [2.75, 3.05) is 5.32 Å². The number of aryl methyl sites for hydroxylation is 1. The van der Waals surface area contributed by atoms with Crippen molar-refractivity contribution >= 4 is 16.7 Å². The Morgan fingerprint density at radius 1 is 1.47 bits per heavy atom. The largest absolute Gasteiger partial charge is 0.452 e. The quantitative estimate of drug-likeness (QED) is 0.922. The van der Waals surface area contributed by atoms with Gasteiger partial charge < -0.3 is 9.84 Å². The van der Waals surface area contributed by atoms with E-state index in [1.54, 1.807) is 13.0 Å². The number of aromatic nitrogens is 3. The molecule has 5 nitrogen and oxygen atoms in total. The normalized spacial score (nSPS) is 11.8. The minimum atomic E-state index is -4.51. The molecular weight excluding hydrogens is 257 g/mol. The van der Waals surface area contributed by atoms with Crippen LogP contribution < -0.4 is 5.32 Å². The number of halogens is 3. The summed E-state index contributed by atoms with van der Waals surface area (Å²) in [5.74, 6) is -0.620. The molecule has 2 rings (SSSR count). The van der Waals surface area contributed by atoms with Crippen molar-refractivity contribution in [1.29, 1.82) is 0 Å². The van der Waals surface area contributed by atoms with Crippen molar-refractivity contribution in [2.45, 2.75) is 19.6 Å². The molecule has 0 radical (unpaired) electrons. The third-order valence-electron chi connectivity index (χ3n) is 1.77. The van der Waals surface area contributed by atoms with Gasteiger partial charge in [-0.2, -0.15) is 22.5 Å². The van der Waals surface area contributed by atoms with Gasteiger partial charge in [0.25, 0.3) is 0 Å². The van der Waals surface area contributed by atoms with Gasteiger partial charge in [0.2, 0.25) is 11.0 Å². The lowest BCUT2D eigenvalue weighted by Gasteiger charge is -1.99. The molecule has 0 aliphatic heterocycles. The molecule has 2 aromatic heterocycles. The number of rotatable bonds is 3. The lowest BCUT2D eigenvalue weighted by Crippen LogP contribution is -2.07. The third-order valence-corrected chi connectivity index (χ3v) is 2.44. The first kappa shape index (κ1) is 11.8. The van der Waals surface area contributed by atoms with Crippen LogP contribution >= 0.6 is 11.5 Å². The fourth-order valence-electron chi connectivity index (χ4n) is 1.07. The Kier molecular flexibility index (Phi) is 3.01. The second-order valence-corrected chi connectivity index (χ2v) is 3.96. The summed E-state index contributed by atoms with van der Waals surface area (Å²) in [6, 6.07) is 1.68. The molecule has 0 saturated heterocycles. The van der Waals surface area contributed by atoms with Gasteiger partial charge in [0, 0.05) is 17.6 Å². The fraction of sp³-hybridized carbons (Fsp3) is 0.375. The number of nitrogens with zero attached hydrogens (tertiary/aromatic N) is 3. The van der Waals surface area contributed by atoms with E-state index >= 15 is 0 Å². The molecule has 92 valence electrons. The molecular formula is C8H7F3N4OS. The number of nitrogens with one attached hydrogen (secondary N) is 1. The standard InChI is InChI=1S/C8H7F3N4OS/c1-4-2-5(16-14-4)3-12-7-13-6(15-17-7)8(9,10)11/h2H,3H2,1H3,(H,12,13,15). The molecule has 17 heavy (non-hydrogen) atoms. The Hall–Kier alpha value is -1.64. The molecule has 0 atom stereocenters. The Bertz CT molecular complexity index is 507. The molecule has 1 N–H and O–H groups in total. The van der Waals surface area contributed by atoms with Crippen LogP contribution in [0.5, 0.6) is 0 Å². The van der Waals surface area contributed by atoms with Crippen molar-refractivity contribution < 1.29 is 17.7 Å². The minimum Gasteiger partial charge on any atom is -0.359 e. The highest BCUT2D eigenvalue weighted by atomic mass is 32.1. The number of alkyl halides is 3. The van der Waals surface area contributed by atoms with E-state index in [1.807, 2.05) is 0 Å². The highest BCUT2D eigenvalue weighted by Crippen LogP contribution is 2.29. The number of anilines is 1. The zero-order chi connectivity index (χ0) is 12.5. The topological polar surface area (TPSA) is 63.8 Å². The molecule has 0 amide bonds. The maximum Gasteiger partial charge on any atom is 0.452 e. The molecule has 0 aliphatic rings. The van der Waals surface area contributed by atoms with Crippen LogP contribution in [0.1, 0.15) is 17.3 Å². The van der Waals surface area contributed by atoms with Gasteiger partial charge in [0.15, 0.2) is 5.76 Å². The van der Waals surface area contributed by atoms with Crippen LogP contribution in [-0.4, -0.2) is 14.5 Å². The van der Waals surface area contributed by atoms with Gasteiger partial charge in [-0.3, -0.25) is 0 Å². The van der Waals surface area contributed by atoms with Crippen LogP contribution in [-0.2, 0) is 12.7 Å². The molecule has 0 unspecified atom stereocenters. The van der Waals surface area contributed by atoms with Crippen LogP contribution in [0.2, 0.25) is 0 Å². The van der Waals surface area contributed by atoms with Gasteiger partial charge in [-0.05, 0) is 6.92 Å². The Labute approximate surface area is 97.8 Å². The second kappa shape index (κ2) is 4.32. The maximum absolute atomic E-state index is 12.2. The van der Waals surface area contributed by atoms with E-state index < -0.39 is 12.0 Å². The van der Waals surface area contributed by atoms with E-state index in [-0.39, 0.29) is 11.7 Å². The van der Waals surface area contributed by atoms with E-state index in [0.717, 1.165) is 0 Å². The minimum absolute atomic E-state index is 0.0892. The van der Waals surface area contributed by atoms with Gasteiger partial charge >= 0.3 is 6.18 Å². The summed E-state index contributed by atoms with van der Waals surface area (Å²) >= 11 is 0.648. The van der Waals surface area contributed by atoms with E-state index in [2.05, 4.69) is 19.8 Å². The van der Waals surface area contributed by atoms with Crippen molar-refractivity contribution in [3.63, 3.8) is 0 Å². The summed E-state index contributed by atoms with van der Waals surface area (Å²) < 4.78 is 44.7. The molecule has 0 aliphatic carbocycles. The second-order valence-electron chi connectivity index (χ2n) is 3.21. The SMILES string of the molecule is Cc1cc(CNc2nc(C(F)(F)F)ns2)on1. The lowest BCUT2D eigenvalue weighted by molar-refractivity contribution is -0.144. The predicted molar refractivity (Wildman–Crippen MR) is 53.5 cm³/mol. The fourth-order valence-corrected chi connectivity index (χ4v) is 1.65. The van der Waals surface area contributed by atoms with Crippen LogP contribution in [0.25, 0.3) is 0 Å². The summed E-state index contributed by atoms with van der Waals surface area (Å²) in [4.78, 5) is 3.31. The van der Waals surface area contributed by atoms with E-state index in [1.165, 1.54) is 0 Å². The molecule has 0 bridgehead atoms. The van der Waals surface area contributed by atoms with E-state index in [4.69, 9.17) is 4.52 Å². The molecule has 9 heteroatoms. The zero-order valence-corrected chi connectivity index (χ0v) is 9.39. The van der Waals surface area contributed by atoms with Crippen LogP contribution in [0.15, 0.2) is 10.6 Å². The predicted octanol–water partition coefficient (Wildman–Crippen LogP) is 2.47. The first-order valence-corrected chi connectivity index (χ1v) is 5.29. The number of hydrogen-bond donors (Lipinski definition) is 1. The highest BCUT2D eigenvalue weighted by molar-refractivity contribution is 7.09. The van der Waals surface area contributed by atoms with Crippen LogP contribution in [0, 0.1) is 6.92 Å². The first-order chi connectivity index (χ1) is 7.95. The molecule has 0 spiro atoms. The van der Waals surface area contributed by atoms with Gasteiger partial charge in [-0.15, -0.1) is 0 Å². The van der Waals surface area contributed by atoms with Crippen molar-refractivity contribution in [3.05, 3.63) is 23.3 Å². The number of hydrogen-bond acceptors (Lipinski definition) is 6. The molecule has 0 aromatic carbocycles. The molecule has 0 saturated carbocycles. The summed E-state index contributed by atoms with van der Waals surface area (Å²) in [7, 11) is 0. The molecule has 0 fully saturated rings. The smallest absolute Gasteiger partial charge is 0.359 e. The van der Waals surface area contributed by atoms with Gasteiger partial charge in [0.05, 0.1) is 12.2 Å². The summed E-state index contributed by atoms with van der Waals surface area (Å²) in [6.45, 7) is 1.97. The summed E-state index contributed by atoms with van der Waals surface area (Å²) in [5, 5.41) is 6.41. The van der Waals surface area contributed by atoms with Crippen molar-refractivity contribution in [3.8, 4) is 0 Å². The highest BCUT2D eigenvalue weighted by Gasteiger charge is 2.36. The van der Waals surface area contributed by atoms with Gasteiger partial charge in [-0.25, -0.2) is 0 Å². The molecule has 2 heterocycles. The zero-order valence-electron chi connectivity index (χ0n) is 8.58. The average Bonchev–Trinajstić information content (AvgIpc) is 2.82.